The van der Waals surface area contributed by atoms with Crippen LogP contribution in [-0.4, -0.2) is 12.6 Å². The highest BCUT2D eigenvalue weighted by Crippen LogP contribution is 2.25. The van der Waals surface area contributed by atoms with Crippen LogP contribution in [0.25, 0.3) is 0 Å². The number of carbonyl (C=O) groups is 1. The molecule has 1 atom stereocenters. The molecule has 17 heavy (non-hydrogen) atoms. The first-order valence-electron chi connectivity index (χ1n) is 7.44. The summed E-state index contributed by atoms with van der Waals surface area (Å²) in [5, 5.41) is 0. The maximum Gasteiger partial charge on any atom is 0.308 e. The van der Waals surface area contributed by atoms with Gasteiger partial charge in [0, 0.05) is 0 Å². The molecule has 0 saturated heterocycles. The highest BCUT2D eigenvalue weighted by atomic mass is 16.5. The minimum absolute atomic E-state index is 0.0691. The molecule has 2 nitrogen and oxygen atoms in total. The minimum Gasteiger partial charge on any atom is -0.465 e. The number of hydrogen-bond acceptors (Lipinski definition) is 2. The van der Waals surface area contributed by atoms with E-state index in [1.165, 1.54) is 38.5 Å². The van der Waals surface area contributed by atoms with E-state index in [0.29, 0.717) is 12.5 Å². The van der Waals surface area contributed by atoms with Gasteiger partial charge in [-0.1, -0.05) is 52.4 Å². The van der Waals surface area contributed by atoms with E-state index in [1.54, 1.807) is 0 Å². The molecule has 2 heteroatoms. The van der Waals surface area contributed by atoms with Crippen molar-refractivity contribution in [3.05, 3.63) is 0 Å². The van der Waals surface area contributed by atoms with E-state index in [-0.39, 0.29) is 11.9 Å². The lowest BCUT2D eigenvalue weighted by Crippen LogP contribution is -2.23. The van der Waals surface area contributed by atoms with Crippen molar-refractivity contribution in [3.63, 3.8) is 0 Å². The van der Waals surface area contributed by atoms with Gasteiger partial charge in [-0.3, -0.25) is 4.79 Å². The number of carbonyl (C=O) groups excluding carboxylic acids is 1. The summed E-state index contributed by atoms with van der Waals surface area (Å²) < 4.78 is 5.49. The summed E-state index contributed by atoms with van der Waals surface area (Å²) in [6.07, 6.45) is 10.6. The highest BCUT2D eigenvalue weighted by molar-refractivity contribution is 5.72. The predicted molar refractivity (Wildman–Crippen MR) is 70.8 cm³/mol. The topological polar surface area (TPSA) is 26.3 Å². The first-order chi connectivity index (χ1) is 8.27. The number of ether oxygens (including phenoxy) is 1. The molecular weight excluding hydrogens is 212 g/mol. The number of esters is 1. The first-order valence-corrected chi connectivity index (χ1v) is 7.44. The van der Waals surface area contributed by atoms with Crippen molar-refractivity contribution < 1.29 is 9.53 Å². The Labute approximate surface area is 106 Å². The van der Waals surface area contributed by atoms with Crippen LogP contribution in [0.4, 0.5) is 0 Å². The SMILES string of the molecule is CCCCC(CC)COC(=O)C1CCCCC1. The van der Waals surface area contributed by atoms with Gasteiger partial charge in [0.15, 0.2) is 0 Å². The van der Waals surface area contributed by atoms with E-state index < -0.39 is 0 Å². The molecule has 0 N–H and O–H groups in total. The molecule has 1 rings (SSSR count). The van der Waals surface area contributed by atoms with E-state index in [4.69, 9.17) is 4.74 Å². The average molecular weight is 240 g/mol. The van der Waals surface area contributed by atoms with Crippen LogP contribution in [-0.2, 0) is 9.53 Å². The molecule has 0 spiro atoms. The third-order valence-corrected chi connectivity index (χ3v) is 3.94. The minimum atomic E-state index is 0.0691. The van der Waals surface area contributed by atoms with Gasteiger partial charge in [-0.05, 0) is 25.2 Å². The van der Waals surface area contributed by atoms with Gasteiger partial charge < -0.3 is 4.74 Å². The smallest absolute Gasteiger partial charge is 0.308 e. The Morgan fingerprint density at radius 3 is 2.53 bits per heavy atom. The van der Waals surface area contributed by atoms with Crippen LogP contribution in [0.1, 0.15) is 71.6 Å². The zero-order valence-electron chi connectivity index (χ0n) is 11.5. The summed E-state index contributed by atoms with van der Waals surface area (Å²) in [6, 6.07) is 0. The van der Waals surface area contributed by atoms with Gasteiger partial charge in [-0.15, -0.1) is 0 Å². The maximum absolute atomic E-state index is 11.9. The molecule has 0 heterocycles. The summed E-state index contributed by atoms with van der Waals surface area (Å²) in [4.78, 5) is 11.9. The molecule has 100 valence electrons. The molecule has 1 aliphatic carbocycles. The summed E-state index contributed by atoms with van der Waals surface area (Å²) >= 11 is 0. The van der Waals surface area contributed by atoms with E-state index in [1.807, 2.05) is 0 Å². The standard InChI is InChI=1S/C15H28O2/c1-3-5-9-13(4-2)12-17-15(16)14-10-7-6-8-11-14/h13-14H,3-12H2,1-2H3. The Hall–Kier alpha value is -0.530. The molecule has 0 amide bonds. The molecule has 0 aromatic heterocycles. The summed E-state index contributed by atoms with van der Waals surface area (Å²) in [6.45, 7) is 5.04. The Bertz CT molecular complexity index is 207. The average Bonchev–Trinajstić information content (AvgIpc) is 2.39. The lowest BCUT2D eigenvalue weighted by atomic mass is 9.89. The van der Waals surface area contributed by atoms with Gasteiger partial charge in [0.2, 0.25) is 0 Å². The van der Waals surface area contributed by atoms with Crippen molar-refractivity contribution in [2.24, 2.45) is 11.8 Å². The van der Waals surface area contributed by atoms with Crippen molar-refractivity contribution in [1.29, 1.82) is 0 Å². The normalized spacial score (nSPS) is 18.9. The lowest BCUT2D eigenvalue weighted by molar-refractivity contribution is -0.151. The quantitative estimate of drug-likeness (QED) is 0.619. The van der Waals surface area contributed by atoms with Crippen LogP contribution in [0.15, 0.2) is 0 Å². The van der Waals surface area contributed by atoms with Crippen LogP contribution in [0.5, 0.6) is 0 Å². The fraction of sp³-hybridized carbons (Fsp3) is 0.933. The van der Waals surface area contributed by atoms with Crippen LogP contribution in [0, 0.1) is 11.8 Å². The maximum atomic E-state index is 11.9. The van der Waals surface area contributed by atoms with Crippen LogP contribution < -0.4 is 0 Å². The fourth-order valence-corrected chi connectivity index (χ4v) is 2.55. The van der Waals surface area contributed by atoms with E-state index in [0.717, 1.165) is 19.3 Å². The molecule has 0 bridgehead atoms. The van der Waals surface area contributed by atoms with Gasteiger partial charge in [-0.2, -0.15) is 0 Å². The zero-order valence-corrected chi connectivity index (χ0v) is 11.5. The van der Waals surface area contributed by atoms with Gasteiger partial charge in [-0.25, -0.2) is 0 Å². The predicted octanol–water partition coefficient (Wildman–Crippen LogP) is 4.33. The van der Waals surface area contributed by atoms with E-state index in [9.17, 15) is 4.79 Å². The zero-order chi connectivity index (χ0) is 12.5. The Morgan fingerprint density at radius 1 is 1.24 bits per heavy atom. The molecule has 0 radical (unpaired) electrons. The third kappa shape index (κ3) is 5.56. The first kappa shape index (κ1) is 14.5. The van der Waals surface area contributed by atoms with E-state index >= 15 is 0 Å². The Kier molecular flexibility index (Phi) is 7.30. The Balaban J connectivity index is 2.20. The second-order valence-corrected chi connectivity index (χ2v) is 5.38. The molecule has 1 unspecified atom stereocenters. The van der Waals surface area contributed by atoms with Gasteiger partial charge in [0.05, 0.1) is 12.5 Å². The fourth-order valence-electron chi connectivity index (χ4n) is 2.55. The molecule has 0 aromatic carbocycles. The molecule has 0 aliphatic heterocycles. The number of rotatable bonds is 7. The lowest BCUT2D eigenvalue weighted by Gasteiger charge is -2.21. The number of unbranched alkanes of at least 4 members (excludes halogenated alkanes) is 1. The summed E-state index contributed by atoms with van der Waals surface area (Å²) in [7, 11) is 0. The van der Waals surface area contributed by atoms with Crippen molar-refractivity contribution in [3.8, 4) is 0 Å². The van der Waals surface area contributed by atoms with Crippen molar-refractivity contribution in [1.82, 2.24) is 0 Å². The second kappa shape index (κ2) is 8.54. The largest absolute Gasteiger partial charge is 0.465 e. The van der Waals surface area contributed by atoms with E-state index in [2.05, 4.69) is 13.8 Å². The van der Waals surface area contributed by atoms with Crippen molar-refractivity contribution in [2.45, 2.75) is 71.6 Å². The number of hydrogen-bond donors (Lipinski definition) is 0. The molecule has 1 saturated carbocycles. The van der Waals surface area contributed by atoms with Crippen molar-refractivity contribution in [2.75, 3.05) is 6.61 Å². The second-order valence-electron chi connectivity index (χ2n) is 5.38. The molecule has 1 aliphatic rings. The van der Waals surface area contributed by atoms with Gasteiger partial charge >= 0.3 is 5.97 Å². The van der Waals surface area contributed by atoms with Crippen LogP contribution in [0.2, 0.25) is 0 Å². The van der Waals surface area contributed by atoms with Crippen molar-refractivity contribution >= 4 is 5.97 Å². The van der Waals surface area contributed by atoms with Gasteiger partial charge in [0.25, 0.3) is 0 Å². The van der Waals surface area contributed by atoms with Gasteiger partial charge in [0.1, 0.15) is 0 Å². The summed E-state index contributed by atoms with van der Waals surface area (Å²) in [5.41, 5.74) is 0. The van der Waals surface area contributed by atoms with Crippen LogP contribution in [0.3, 0.4) is 0 Å². The molecule has 1 fully saturated rings. The molecule has 0 aromatic rings. The monoisotopic (exact) mass is 240 g/mol. The summed E-state index contributed by atoms with van der Waals surface area (Å²) in [5.74, 6) is 0.842. The highest BCUT2D eigenvalue weighted by Gasteiger charge is 2.23. The molecular formula is C15H28O2. The van der Waals surface area contributed by atoms with Crippen LogP contribution >= 0.6 is 0 Å². The Morgan fingerprint density at radius 2 is 1.94 bits per heavy atom. The third-order valence-electron chi connectivity index (χ3n) is 3.94.